The van der Waals surface area contributed by atoms with Gasteiger partial charge in [0.15, 0.2) is 0 Å². The van der Waals surface area contributed by atoms with E-state index in [1.165, 1.54) is 11.1 Å². The molecule has 0 aliphatic heterocycles. The molecule has 0 N–H and O–H groups in total. The summed E-state index contributed by atoms with van der Waals surface area (Å²) in [6, 6.07) is 22.5. The van der Waals surface area contributed by atoms with E-state index in [1.807, 2.05) is 24.3 Å². The van der Waals surface area contributed by atoms with Gasteiger partial charge in [0.2, 0.25) is 0 Å². The maximum Gasteiger partial charge on any atom is 0.141 e. The summed E-state index contributed by atoms with van der Waals surface area (Å²) in [7, 11) is 0. The summed E-state index contributed by atoms with van der Waals surface area (Å²) in [5, 5.41) is 0.725. The molecule has 0 bridgehead atoms. The number of ether oxygens (including phenoxy) is 1. The van der Waals surface area contributed by atoms with Crippen molar-refractivity contribution in [1.29, 1.82) is 0 Å². The maximum atomic E-state index is 6.22. The monoisotopic (exact) mass is 404 g/mol. The summed E-state index contributed by atoms with van der Waals surface area (Å²) in [6.07, 6.45) is 1.99. The van der Waals surface area contributed by atoms with E-state index in [-0.39, 0.29) is 0 Å². The van der Waals surface area contributed by atoms with E-state index < -0.39 is 0 Å². The normalized spacial score (nSPS) is 11.1. The van der Waals surface area contributed by atoms with Gasteiger partial charge in [0.1, 0.15) is 11.6 Å². The Morgan fingerprint density at radius 1 is 0.897 bits per heavy atom. The van der Waals surface area contributed by atoms with E-state index in [4.69, 9.17) is 21.3 Å². The molecule has 0 spiro atoms. The molecular formula is C25H25ClN2O. The van der Waals surface area contributed by atoms with Crippen molar-refractivity contribution in [2.24, 2.45) is 0 Å². The molecule has 4 rings (SSSR count). The first-order valence-electron chi connectivity index (χ1n) is 10.0. The van der Waals surface area contributed by atoms with Gasteiger partial charge in [-0.2, -0.15) is 0 Å². The summed E-state index contributed by atoms with van der Waals surface area (Å²) in [4.78, 5) is 4.86. The van der Waals surface area contributed by atoms with E-state index in [2.05, 4.69) is 60.9 Å². The molecule has 3 aromatic carbocycles. The molecule has 0 saturated heterocycles. The van der Waals surface area contributed by atoms with E-state index >= 15 is 0 Å². The van der Waals surface area contributed by atoms with Crippen molar-refractivity contribution in [2.75, 3.05) is 6.61 Å². The number of para-hydroxylation sites is 2. The molecule has 0 radical (unpaired) electrons. The molecule has 0 amide bonds. The lowest BCUT2D eigenvalue weighted by Crippen LogP contribution is -2.04. The van der Waals surface area contributed by atoms with Crippen LogP contribution in [0.25, 0.3) is 22.4 Å². The fourth-order valence-corrected chi connectivity index (χ4v) is 3.92. The van der Waals surface area contributed by atoms with Crippen LogP contribution in [0.3, 0.4) is 0 Å². The van der Waals surface area contributed by atoms with Gasteiger partial charge in [0, 0.05) is 17.1 Å². The topological polar surface area (TPSA) is 27.1 Å². The van der Waals surface area contributed by atoms with Crippen molar-refractivity contribution in [3.63, 3.8) is 0 Å². The zero-order valence-electron chi connectivity index (χ0n) is 16.9. The number of aromatic nitrogens is 2. The molecule has 0 atom stereocenters. The molecule has 148 valence electrons. The predicted molar refractivity (Wildman–Crippen MR) is 121 cm³/mol. The Bertz CT molecular complexity index is 1110. The molecule has 4 heteroatoms. The molecule has 0 aliphatic rings. The highest BCUT2D eigenvalue weighted by Gasteiger charge is 2.12. The first-order valence-corrected chi connectivity index (χ1v) is 10.4. The fraction of sp³-hybridized carbons (Fsp3) is 0.240. The van der Waals surface area contributed by atoms with E-state index in [9.17, 15) is 0 Å². The third-order valence-electron chi connectivity index (χ3n) is 4.98. The first-order chi connectivity index (χ1) is 14.1. The molecule has 0 saturated carbocycles. The first kappa shape index (κ1) is 19.5. The number of hydrogen-bond donors (Lipinski definition) is 0. The highest BCUT2D eigenvalue weighted by molar-refractivity contribution is 6.30. The van der Waals surface area contributed by atoms with Gasteiger partial charge < -0.3 is 9.30 Å². The van der Waals surface area contributed by atoms with Crippen LogP contribution < -0.4 is 4.74 Å². The van der Waals surface area contributed by atoms with Gasteiger partial charge in [0.05, 0.1) is 17.6 Å². The van der Waals surface area contributed by atoms with Crippen LogP contribution in [-0.2, 0) is 6.54 Å². The second kappa shape index (κ2) is 8.71. The third kappa shape index (κ3) is 4.63. The summed E-state index contributed by atoms with van der Waals surface area (Å²) >= 11 is 6.22. The molecule has 0 fully saturated rings. The van der Waals surface area contributed by atoms with Crippen molar-refractivity contribution < 1.29 is 4.74 Å². The average Bonchev–Trinajstić information content (AvgIpc) is 3.06. The lowest BCUT2D eigenvalue weighted by Gasteiger charge is -2.11. The Kier molecular flexibility index (Phi) is 5.86. The van der Waals surface area contributed by atoms with Crippen LogP contribution in [0.1, 0.15) is 24.0 Å². The molecule has 3 nitrogen and oxygen atoms in total. The highest BCUT2D eigenvalue weighted by atomic mass is 35.5. The smallest absolute Gasteiger partial charge is 0.141 e. The lowest BCUT2D eigenvalue weighted by atomic mass is 10.1. The number of nitrogens with zero attached hydrogens (tertiary/aromatic N) is 2. The number of halogens is 1. The van der Waals surface area contributed by atoms with E-state index in [1.54, 1.807) is 0 Å². The lowest BCUT2D eigenvalue weighted by molar-refractivity contribution is 0.303. The van der Waals surface area contributed by atoms with Gasteiger partial charge >= 0.3 is 0 Å². The second-order valence-electron chi connectivity index (χ2n) is 7.47. The SMILES string of the molecule is Cc1cc(C)cc(OCCCCn2c(-c3cccc(Cl)c3)nc3ccccc32)c1. The van der Waals surface area contributed by atoms with Crippen LogP contribution >= 0.6 is 11.6 Å². The number of aryl methyl sites for hydroxylation is 3. The van der Waals surface area contributed by atoms with E-state index in [0.717, 1.165) is 52.6 Å². The van der Waals surface area contributed by atoms with Crippen LogP contribution in [0.2, 0.25) is 5.02 Å². The predicted octanol–water partition coefficient (Wildman–Crippen LogP) is 6.83. The average molecular weight is 405 g/mol. The Morgan fingerprint density at radius 2 is 1.69 bits per heavy atom. The highest BCUT2D eigenvalue weighted by Crippen LogP contribution is 2.27. The Labute approximate surface area is 176 Å². The van der Waals surface area contributed by atoms with E-state index in [0.29, 0.717) is 6.61 Å². The summed E-state index contributed by atoms with van der Waals surface area (Å²) in [5.41, 5.74) is 5.67. The van der Waals surface area contributed by atoms with Crippen LogP contribution in [0.4, 0.5) is 0 Å². The molecule has 29 heavy (non-hydrogen) atoms. The molecule has 1 heterocycles. The second-order valence-corrected chi connectivity index (χ2v) is 7.90. The minimum Gasteiger partial charge on any atom is -0.494 e. The van der Waals surface area contributed by atoms with Crippen LogP contribution in [0.5, 0.6) is 5.75 Å². The molecule has 0 unspecified atom stereocenters. The van der Waals surface area contributed by atoms with Gasteiger partial charge in [-0.05, 0) is 74.2 Å². The number of rotatable bonds is 7. The number of benzene rings is 3. The summed E-state index contributed by atoms with van der Waals surface area (Å²) in [5.74, 6) is 1.92. The van der Waals surface area contributed by atoms with Gasteiger partial charge in [-0.25, -0.2) is 4.98 Å². The number of imidazole rings is 1. The van der Waals surface area contributed by atoms with Crippen molar-refractivity contribution in [3.05, 3.63) is 82.9 Å². The van der Waals surface area contributed by atoms with Gasteiger partial charge in [-0.1, -0.05) is 41.9 Å². The van der Waals surface area contributed by atoms with Crippen molar-refractivity contribution in [1.82, 2.24) is 9.55 Å². The van der Waals surface area contributed by atoms with Crippen molar-refractivity contribution >= 4 is 22.6 Å². The third-order valence-corrected chi connectivity index (χ3v) is 5.21. The van der Waals surface area contributed by atoms with Crippen LogP contribution in [-0.4, -0.2) is 16.2 Å². The van der Waals surface area contributed by atoms with Gasteiger partial charge in [-0.3, -0.25) is 0 Å². The van der Waals surface area contributed by atoms with Crippen LogP contribution in [0.15, 0.2) is 66.7 Å². The molecule has 4 aromatic rings. The zero-order valence-corrected chi connectivity index (χ0v) is 17.6. The summed E-state index contributed by atoms with van der Waals surface area (Å²) in [6.45, 7) is 5.79. The molecular weight excluding hydrogens is 380 g/mol. The zero-order chi connectivity index (χ0) is 20.2. The summed E-state index contributed by atoms with van der Waals surface area (Å²) < 4.78 is 8.25. The van der Waals surface area contributed by atoms with Crippen molar-refractivity contribution in [3.8, 4) is 17.1 Å². The van der Waals surface area contributed by atoms with Crippen LogP contribution in [0, 0.1) is 13.8 Å². The van der Waals surface area contributed by atoms with Gasteiger partial charge in [0.25, 0.3) is 0 Å². The van der Waals surface area contributed by atoms with Crippen molar-refractivity contribution in [2.45, 2.75) is 33.2 Å². The maximum absolute atomic E-state index is 6.22. The number of unbranched alkanes of at least 4 members (excludes halogenated alkanes) is 1. The van der Waals surface area contributed by atoms with Gasteiger partial charge in [-0.15, -0.1) is 0 Å². The standard InChI is InChI=1S/C25H25ClN2O/c1-18-14-19(2)16-22(15-18)29-13-6-5-12-28-24-11-4-3-10-23(24)27-25(28)20-8-7-9-21(26)17-20/h3-4,7-11,14-17H,5-6,12-13H2,1-2H3. The fourth-order valence-electron chi connectivity index (χ4n) is 3.73. The molecule has 0 aliphatic carbocycles. The Morgan fingerprint density at radius 3 is 2.48 bits per heavy atom. The Balaban J connectivity index is 1.46. The number of fused-ring (bicyclic) bond motifs is 1. The minimum atomic E-state index is 0.710. The minimum absolute atomic E-state index is 0.710. The quantitative estimate of drug-likeness (QED) is 0.315. The number of hydrogen-bond acceptors (Lipinski definition) is 2. The Hall–Kier alpha value is -2.78. The molecule has 1 aromatic heterocycles. The largest absolute Gasteiger partial charge is 0.494 e.